The number of hydrogen-bond donors (Lipinski definition) is 1. The van der Waals surface area contributed by atoms with Crippen LogP contribution in [0.5, 0.6) is 11.5 Å². The molecule has 2 aromatic carbocycles. The van der Waals surface area contributed by atoms with Gasteiger partial charge in [0.2, 0.25) is 5.75 Å². The number of fused-ring (bicyclic) bond motifs is 1. The summed E-state index contributed by atoms with van der Waals surface area (Å²) < 4.78 is 10.9. The van der Waals surface area contributed by atoms with Crippen LogP contribution in [0.3, 0.4) is 0 Å². The zero-order chi connectivity index (χ0) is 21.1. The fourth-order valence-corrected chi connectivity index (χ4v) is 3.89. The van der Waals surface area contributed by atoms with Crippen LogP contribution in [0.15, 0.2) is 42.5 Å². The summed E-state index contributed by atoms with van der Waals surface area (Å²) in [5, 5.41) is 19.3. The molecular weight excluding hydrogens is 384 g/mol. The van der Waals surface area contributed by atoms with Crippen LogP contribution in [0.4, 0.5) is 5.69 Å². The fourth-order valence-electron chi connectivity index (χ4n) is 3.89. The maximum atomic E-state index is 11.6. The summed E-state index contributed by atoms with van der Waals surface area (Å²) in [6, 6.07) is 13.6. The van der Waals surface area contributed by atoms with Crippen LogP contribution in [-0.4, -0.2) is 40.3 Å². The second-order valence-corrected chi connectivity index (χ2v) is 7.19. The fraction of sp³-hybridized carbons (Fsp3) is 0.318. The van der Waals surface area contributed by atoms with Crippen molar-refractivity contribution in [2.75, 3.05) is 20.3 Å². The van der Waals surface area contributed by atoms with E-state index in [4.69, 9.17) is 9.47 Å². The first-order valence-corrected chi connectivity index (χ1v) is 9.92. The van der Waals surface area contributed by atoms with E-state index in [0.717, 1.165) is 43.0 Å². The molecule has 0 amide bonds. The van der Waals surface area contributed by atoms with Crippen LogP contribution >= 0.6 is 0 Å². The smallest absolute Gasteiger partial charge is 0.315 e. The Morgan fingerprint density at radius 2 is 2.07 bits per heavy atom. The van der Waals surface area contributed by atoms with Gasteiger partial charge in [-0.05, 0) is 18.6 Å². The topological polar surface area (TPSA) is 93.5 Å². The number of nitrogens with one attached hydrogen (secondary N) is 1. The summed E-state index contributed by atoms with van der Waals surface area (Å²) in [6.07, 6.45) is 0.853. The van der Waals surface area contributed by atoms with Crippen molar-refractivity contribution < 1.29 is 14.4 Å². The molecule has 3 aromatic rings. The SMILES string of the molecule is CCOc1cc(-c2n[nH]c3c2CN(Cc2ccccc2)CC3)cc([N+](=O)[O-])c1OC. The molecule has 1 aliphatic rings. The molecule has 156 valence electrons. The van der Waals surface area contributed by atoms with E-state index in [0.29, 0.717) is 17.9 Å². The van der Waals surface area contributed by atoms with E-state index in [1.807, 2.05) is 25.1 Å². The summed E-state index contributed by atoms with van der Waals surface area (Å²) >= 11 is 0. The quantitative estimate of drug-likeness (QED) is 0.470. The average Bonchev–Trinajstić information content (AvgIpc) is 3.17. The van der Waals surface area contributed by atoms with Crippen LogP contribution < -0.4 is 9.47 Å². The van der Waals surface area contributed by atoms with Crippen molar-refractivity contribution in [3.05, 3.63) is 69.4 Å². The minimum atomic E-state index is -0.453. The molecule has 1 N–H and O–H groups in total. The first kappa shape index (κ1) is 19.9. The van der Waals surface area contributed by atoms with E-state index in [1.165, 1.54) is 18.7 Å². The zero-order valence-corrected chi connectivity index (χ0v) is 17.1. The maximum Gasteiger partial charge on any atom is 0.315 e. The Balaban J connectivity index is 1.70. The van der Waals surface area contributed by atoms with Crippen molar-refractivity contribution in [3.63, 3.8) is 0 Å². The molecule has 0 aliphatic carbocycles. The minimum Gasteiger partial charge on any atom is -0.490 e. The van der Waals surface area contributed by atoms with Gasteiger partial charge in [0, 0.05) is 48.9 Å². The normalized spacial score (nSPS) is 13.7. The molecule has 0 atom stereocenters. The monoisotopic (exact) mass is 408 g/mol. The highest BCUT2D eigenvalue weighted by molar-refractivity contribution is 5.73. The van der Waals surface area contributed by atoms with Gasteiger partial charge in [-0.25, -0.2) is 0 Å². The lowest BCUT2D eigenvalue weighted by atomic mass is 9.99. The standard InChI is InChI=1S/C22H24N4O4/c1-3-30-20-12-16(11-19(26(27)28)22(20)29-2)21-17-14-25(10-9-18(17)23-24-21)13-15-7-5-4-6-8-15/h4-8,11-12H,3,9-10,13-14H2,1-2H3,(H,23,24). The first-order valence-electron chi connectivity index (χ1n) is 9.92. The minimum absolute atomic E-state index is 0.126. The summed E-state index contributed by atoms with van der Waals surface area (Å²) in [5.41, 5.74) is 4.63. The van der Waals surface area contributed by atoms with Crippen molar-refractivity contribution in [2.45, 2.75) is 26.4 Å². The Hall–Kier alpha value is -3.39. The summed E-state index contributed by atoms with van der Waals surface area (Å²) in [6.45, 7) is 4.70. The highest BCUT2D eigenvalue weighted by Gasteiger charge is 2.27. The van der Waals surface area contributed by atoms with E-state index >= 15 is 0 Å². The van der Waals surface area contributed by atoms with E-state index in [1.54, 1.807) is 6.07 Å². The molecule has 1 aliphatic heterocycles. The van der Waals surface area contributed by atoms with Crippen LogP contribution in [0.25, 0.3) is 11.3 Å². The lowest BCUT2D eigenvalue weighted by molar-refractivity contribution is -0.385. The Labute approximate surface area is 174 Å². The zero-order valence-electron chi connectivity index (χ0n) is 17.1. The number of methoxy groups -OCH3 is 1. The van der Waals surface area contributed by atoms with Crippen molar-refractivity contribution in [1.82, 2.24) is 15.1 Å². The predicted octanol–water partition coefficient (Wildman–Crippen LogP) is 3.95. The molecule has 8 nitrogen and oxygen atoms in total. The lowest BCUT2D eigenvalue weighted by Gasteiger charge is -2.27. The van der Waals surface area contributed by atoms with E-state index in [-0.39, 0.29) is 11.4 Å². The second-order valence-electron chi connectivity index (χ2n) is 7.19. The molecule has 0 spiro atoms. The van der Waals surface area contributed by atoms with Gasteiger partial charge in [0.1, 0.15) is 0 Å². The first-order chi connectivity index (χ1) is 14.6. The number of ether oxygens (including phenoxy) is 2. The molecule has 0 saturated carbocycles. The average molecular weight is 408 g/mol. The maximum absolute atomic E-state index is 11.6. The molecule has 8 heteroatoms. The Morgan fingerprint density at radius 1 is 1.27 bits per heavy atom. The Kier molecular flexibility index (Phi) is 5.67. The molecule has 2 heterocycles. The van der Waals surface area contributed by atoms with Crippen molar-refractivity contribution in [3.8, 4) is 22.8 Å². The van der Waals surface area contributed by atoms with Crippen molar-refractivity contribution in [2.24, 2.45) is 0 Å². The molecule has 30 heavy (non-hydrogen) atoms. The molecule has 1 aromatic heterocycles. The number of nitrogens with zero attached hydrogens (tertiary/aromatic N) is 3. The Bertz CT molecular complexity index is 1050. The van der Waals surface area contributed by atoms with E-state index < -0.39 is 4.92 Å². The van der Waals surface area contributed by atoms with Gasteiger partial charge in [0.25, 0.3) is 0 Å². The third-order valence-electron chi connectivity index (χ3n) is 5.27. The second kappa shape index (κ2) is 8.54. The predicted molar refractivity (Wildman–Crippen MR) is 113 cm³/mol. The van der Waals surface area contributed by atoms with Crippen LogP contribution in [0.2, 0.25) is 0 Å². The number of nitro groups is 1. The third kappa shape index (κ3) is 3.86. The molecule has 4 rings (SSSR count). The van der Waals surface area contributed by atoms with Crippen molar-refractivity contribution >= 4 is 5.69 Å². The van der Waals surface area contributed by atoms with Gasteiger partial charge < -0.3 is 9.47 Å². The van der Waals surface area contributed by atoms with Gasteiger partial charge in [-0.3, -0.25) is 20.1 Å². The molecule has 0 fully saturated rings. The number of aromatic nitrogens is 2. The highest BCUT2D eigenvalue weighted by Crippen LogP contribution is 2.42. The van der Waals surface area contributed by atoms with Crippen LogP contribution in [0.1, 0.15) is 23.7 Å². The number of hydrogen-bond acceptors (Lipinski definition) is 6. The van der Waals surface area contributed by atoms with Gasteiger partial charge in [-0.1, -0.05) is 30.3 Å². The molecule has 0 unspecified atom stereocenters. The Morgan fingerprint density at radius 3 is 2.77 bits per heavy atom. The number of rotatable bonds is 7. The summed E-state index contributed by atoms with van der Waals surface area (Å²) in [5.74, 6) is 0.471. The number of aromatic amines is 1. The van der Waals surface area contributed by atoms with Gasteiger partial charge in [-0.15, -0.1) is 0 Å². The largest absolute Gasteiger partial charge is 0.490 e. The number of H-pyrrole nitrogens is 1. The van der Waals surface area contributed by atoms with Crippen LogP contribution in [-0.2, 0) is 19.5 Å². The van der Waals surface area contributed by atoms with Gasteiger partial charge in [-0.2, -0.15) is 5.10 Å². The number of nitro benzene ring substituents is 1. The summed E-state index contributed by atoms with van der Waals surface area (Å²) in [4.78, 5) is 13.5. The van der Waals surface area contributed by atoms with Gasteiger partial charge >= 0.3 is 5.69 Å². The number of benzene rings is 2. The molecule has 0 bridgehead atoms. The molecule has 0 saturated heterocycles. The lowest BCUT2D eigenvalue weighted by Crippen LogP contribution is -2.29. The molecule has 0 radical (unpaired) electrons. The third-order valence-corrected chi connectivity index (χ3v) is 5.27. The summed E-state index contributed by atoms with van der Waals surface area (Å²) in [7, 11) is 1.41. The van der Waals surface area contributed by atoms with Crippen LogP contribution in [0, 0.1) is 10.1 Å². The van der Waals surface area contributed by atoms with Crippen molar-refractivity contribution in [1.29, 1.82) is 0 Å². The van der Waals surface area contributed by atoms with E-state index in [9.17, 15) is 10.1 Å². The van der Waals surface area contributed by atoms with E-state index in [2.05, 4.69) is 27.2 Å². The molecular formula is C22H24N4O4. The van der Waals surface area contributed by atoms with Gasteiger partial charge in [0.05, 0.1) is 24.3 Å². The van der Waals surface area contributed by atoms with Gasteiger partial charge in [0.15, 0.2) is 5.75 Å². The highest BCUT2D eigenvalue weighted by atomic mass is 16.6.